The number of hydrogen-bond acceptors (Lipinski definition) is 3. The number of nitrogens with one attached hydrogen (secondary N) is 1. The second-order valence-corrected chi connectivity index (χ2v) is 6.00. The van der Waals surface area contributed by atoms with Crippen molar-refractivity contribution >= 4 is 28.1 Å². The van der Waals surface area contributed by atoms with Crippen molar-refractivity contribution < 1.29 is 9.00 Å². The van der Waals surface area contributed by atoms with Crippen molar-refractivity contribution in [2.24, 2.45) is 0 Å². The van der Waals surface area contributed by atoms with E-state index < -0.39 is 10.8 Å². The van der Waals surface area contributed by atoms with Gasteiger partial charge in [0.15, 0.2) is 0 Å². The smallest absolute Gasteiger partial charge is 0.221 e. The molecule has 0 aromatic heterocycles. The van der Waals surface area contributed by atoms with E-state index in [-0.39, 0.29) is 5.91 Å². The van der Waals surface area contributed by atoms with Gasteiger partial charge in [0.1, 0.15) is 0 Å². The monoisotopic (exact) mass is 288 g/mol. The van der Waals surface area contributed by atoms with E-state index in [1.165, 1.54) is 6.92 Å². The van der Waals surface area contributed by atoms with Crippen LogP contribution in [0.5, 0.6) is 0 Å². The van der Waals surface area contributed by atoms with E-state index >= 15 is 0 Å². The standard InChI is InChI=1S/C15H16N2O2S/c1-10-4-3-5-12(8-10)20(19)13-6-7-14(16)15(9-13)17-11(2)18/h3-9H,16H2,1-2H3,(H,17,18). The Bertz CT molecular complexity index is 683. The summed E-state index contributed by atoms with van der Waals surface area (Å²) in [6, 6.07) is 12.5. The fourth-order valence-electron chi connectivity index (χ4n) is 1.82. The first-order valence-corrected chi connectivity index (χ1v) is 7.28. The SMILES string of the molecule is CC(=O)Nc1cc(S(=O)c2cccc(C)c2)ccc1N. The van der Waals surface area contributed by atoms with Crippen molar-refractivity contribution in [1.29, 1.82) is 0 Å². The van der Waals surface area contributed by atoms with Gasteiger partial charge in [-0.05, 0) is 42.8 Å². The highest BCUT2D eigenvalue weighted by atomic mass is 32.2. The lowest BCUT2D eigenvalue weighted by Crippen LogP contribution is -2.08. The fraction of sp³-hybridized carbons (Fsp3) is 0.133. The van der Waals surface area contributed by atoms with Crippen LogP contribution < -0.4 is 11.1 Å². The van der Waals surface area contributed by atoms with Crippen molar-refractivity contribution in [2.75, 3.05) is 11.1 Å². The van der Waals surface area contributed by atoms with Crippen LogP contribution >= 0.6 is 0 Å². The first-order chi connectivity index (χ1) is 9.47. The molecule has 0 saturated carbocycles. The Morgan fingerprint density at radius 3 is 2.50 bits per heavy atom. The minimum Gasteiger partial charge on any atom is -0.397 e. The van der Waals surface area contributed by atoms with Gasteiger partial charge in [-0.2, -0.15) is 0 Å². The molecule has 1 unspecified atom stereocenters. The van der Waals surface area contributed by atoms with Crippen LogP contribution in [0.2, 0.25) is 0 Å². The molecule has 4 nitrogen and oxygen atoms in total. The molecule has 0 aliphatic heterocycles. The van der Waals surface area contributed by atoms with Crippen LogP contribution in [-0.2, 0) is 15.6 Å². The average Bonchev–Trinajstić information content (AvgIpc) is 2.40. The number of nitrogen functional groups attached to an aromatic ring is 1. The summed E-state index contributed by atoms with van der Waals surface area (Å²) in [6.07, 6.45) is 0. The molecule has 0 aliphatic carbocycles. The Labute approximate surface area is 120 Å². The zero-order valence-electron chi connectivity index (χ0n) is 11.3. The molecule has 2 aromatic rings. The van der Waals surface area contributed by atoms with Crippen LogP contribution in [0, 0.1) is 6.92 Å². The van der Waals surface area contributed by atoms with Gasteiger partial charge in [0.05, 0.1) is 22.2 Å². The van der Waals surface area contributed by atoms with Crippen molar-refractivity contribution in [3.05, 3.63) is 48.0 Å². The summed E-state index contributed by atoms with van der Waals surface area (Å²) >= 11 is 0. The normalized spacial score (nSPS) is 11.9. The number of anilines is 2. The summed E-state index contributed by atoms with van der Waals surface area (Å²) in [7, 11) is -1.30. The van der Waals surface area contributed by atoms with Crippen LogP contribution in [0.1, 0.15) is 12.5 Å². The maximum absolute atomic E-state index is 12.5. The predicted molar refractivity (Wildman–Crippen MR) is 81.0 cm³/mol. The molecular weight excluding hydrogens is 272 g/mol. The van der Waals surface area contributed by atoms with Gasteiger partial charge in [-0.25, -0.2) is 4.21 Å². The van der Waals surface area contributed by atoms with Gasteiger partial charge >= 0.3 is 0 Å². The number of aryl methyl sites for hydroxylation is 1. The largest absolute Gasteiger partial charge is 0.397 e. The minimum absolute atomic E-state index is 0.213. The zero-order chi connectivity index (χ0) is 14.7. The van der Waals surface area contributed by atoms with Gasteiger partial charge in [-0.15, -0.1) is 0 Å². The van der Waals surface area contributed by atoms with Gasteiger partial charge in [-0.1, -0.05) is 12.1 Å². The van der Waals surface area contributed by atoms with E-state index in [9.17, 15) is 9.00 Å². The van der Waals surface area contributed by atoms with E-state index in [2.05, 4.69) is 5.32 Å². The molecule has 20 heavy (non-hydrogen) atoms. The molecule has 1 atom stereocenters. The third kappa shape index (κ3) is 3.24. The Morgan fingerprint density at radius 2 is 1.85 bits per heavy atom. The lowest BCUT2D eigenvalue weighted by atomic mass is 10.2. The number of nitrogens with two attached hydrogens (primary N) is 1. The maximum Gasteiger partial charge on any atom is 0.221 e. The number of amides is 1. The Morgan fingerprint density at radius 1 is 1.15 bits per heavy atom. The molecule has 104 valence electrons. The van der Waals surface area contributed by atoms with Crippen LogP contribution in [0.25, 0.3) is 0 Å². The van der Waals surface area contributed by atoms with E-state index in [4.69, 9.17) is 5.73 Å². The molecule has 0 saturated heterocycles. The lowest BCUT2D eigenvalue weighted by molar-refractivity contribution is -0.114. The van der Waals surface area contributed by atoms with Crippen molar-refractivity contribution in [3.8, 4) is 0 Å². The summed E-state index contributed by atoms with van der Waals surface area (Å²) in [5, 5.41) is 2.63. The van der Waals surface area contributed by atoms with E-state index in [0.717, 1.165) is 10.5 Å². The number of carbonyl (C=O) groups is 1. The van der Waals surface area contributed by atoms with Gasteiger partial charge in [0.25, 0.3) is 0 Å². The molecule has 1 amide bonds. The van der Waals surface area contributed by atoms with Crippen LogP contribution in [0.15, 0.2) is 52.3 Å². The van der Waals surface area contributed by atoms with Crippen LogP contribution in [-0.4, -0.2) is 10.1 Å². The molecule has 2 aromatic carbocycles. The zero-order valence-corrected chi connectivity index (χ0v) is 12.2. The fourth-order valence-corrected chi connectivity index (χ4v) is 3.00. The molecule has 0 spiro atoms. The van der Waals surface area contributed by atoms with Gasteiger partial charge < -0.3 is 11.1 Å². The third-order valence-corrected chi connectivity index (χ3v) is 4.12. The number of rotatable bonds is 3. The molecule has 2 rings (SSSR count). The number of carbonyl (C=O) groups excluding carboxylic acids is 1. The minimum atomic E-state index is -1.30. The van der Waals surface area contributed by atoms with Gasteiger partial charge in [0.2, 0.25) is 5.91 Å². The molecule has 3 N–H and O–H groups in total. The highest BCUT2D eigenvalue weighted by molar-refractivity contribution is 7.85. The maximum atomic E-state index is 12.5. The Balaban J connectivity index is 2.38. The second-order valence-electron chi connectivity index (χ2n) is 4.52. The Hall–Kier alpha value is -2.14. The van der Waals surface area contributed by atoms with Gasteiger partial charge in [0, 0.05) is 16.7 Å². The van der Waals surface area contributed by atoms with Crippen LogP contribution in [0.4, 0.5) is 11.4 Å². The Kier molecular flexibility index (Phi) is 4.20. The van der Waals surface area contributed by atoms with E-state index in [1.54, 1.807) is 18.2 Å². The summed E-state index contributed by atoms with van der Waals surface area (Å²) in [4.78, 5) is 12.4. The van der Waals surface area contributed by atoms with E-state index in [1.807, 2.05) is 31.2 Å². The first kappa shape index (κ1) is 14.3. The molecular formula is C15H16N2O2S. The summed E-state index contributed by atoms with van der Waals surface area (Å²) < 4.78 is 12.5. The highest BCUT2D eigenvalue weighted by Crippen LogP contribution is 2.25. The summed E-state index contributed by atoms with van der Waals surface area (Å²) in [5.41, 5.74) is 7.77. The molecule has 0 heterocycles. The first-order valence-electron chi connectivity index (χ1n) is 6.13. The van der Waals surface area contributed by atoms with Crippen LogP contribution in [0.3, 0.4) is 0 Å². The summed E-state index contributed by atoms with van der Waals surface area (Å²) in [5.74, 6) is -0.213. The summed E-state index contributed by atoms with van der Waals surface area (Å²) in [6.45, 7) is 3.36. The second kappa shape index (κ2) is 5.88. The van der Waals surface area contributed by atoms with E-state index in [0.29, 0.717) is 16.3 Å². The highest BCUT2D eigenvalue weighted by Gasteiger charge is 2.10. The number of benzene rings is 2. The average molecular weight is 288 g/mol. The molecule has 0 bridgehead atoms. The molecule has 0 fully saturated rings. The van der Waals surface area contributed by atoms with Crippen molar-refractivity contribution in [2.45, 2.75) is 23.6 Å². The van der Waals surface area contributed by atoms with Gasteiger partial charge in [-0.3, -0.25) is 4.79 Å². The number of hydrogen-bond donors (Lipinski definition) is 2. The molecule has 0 aliphatic rings. The predicted octanol–water partition coefficient (Wildman–Crippen LogP) is 2.70. The topological polar surface area (TPSA) is 72.2 Å². The molecule has 5 heteroatoms. The van der Waals surface area contributed by atoms with Crippen molar-refractivity contribution in [3.63, 3.8) is 0 Å². The lowest BCUT2D eigenvalue weighted by Gasteiger charge is -2.09. The molecule has 0 radical (unpaired) electrons. The van der Waals surface area contributed by atoms with Crippen molar-refractivity contribution in [1.82, 2.24) is 0 Å². The third-order valence-electron chi connectivity index (χ3n) is 2.75. The quantitative estimate of drug-likeness (QED) is 0.853.